The van der Waals surface area contributed by atoms with Crippen molar-refractivity contribution in [2.45, 2.75) is 19.4 Å². The van der Waals surface area contributed by atoms with Gasteiger partial charge in [0.15, 0.2) is 11.5 Å². The van der Waals surface area contributed by atoms with Gasteiger partial charge in [-0.15, -0.1) is 0 Å². The van der Waals surface area contributed by atoms with Crippen LogP contribution in [0.2, 0.25) is 0 Å². The molecule has 0 saturated heterocycles. The molecule has 0 aliphatic carbocycles. The van der Waals surface area contributed by atoms with E-state index in [-0.39, 0.29) is 5.92 Å². The molecule has 0 aromatic heterocycles. The maximum Gasteiger partial charge on any atom is 0.203 e. The molecule has 5 heteroatoms. The maximum absolute atomic E-state index is 10.1. The molecule has 0 fully saturated rings. The summed E-state index contributed by atoms with van der Waals surface area (Å²) in [5.74, 6) is 1.23. The van der Waals surface area contributed by atoms with Crippen molar-refractivity contribution in [1.82, 2.24) is 0 Å². The molecule has 0 radical (unpaired) electrons. The summed E-state index contributed by atoms with van der Waals surface area (Å²) in [6, 6.07) is 5.48. The van der Waals surface area contributed by atoms with Gasteiger partial charge >= 0.3 is 0 Å². The number of methoxy groups -OCH3 is 3. The second kappa shape index (κ2) is 6.86. The smallest absolute Gasteiger partial charge is 0.203 e. The van der Waals surface area contributed by atoms with Crippen LogP contribution in [0.5, 0.6) is 17.2 Å². The zero-order valence-electron chi connectivity index (χ0n) is 11.6. The van der Waals surface area contributed by atoms with Gasteiger partial charge in [-0.3, -0.25) is 0 Å². The number of hydrogen-bond acceptors (Lipinski definition) is 5. The van der Waals surface area contributed by atoms with Gasteiger partial charge in [0.25, 0.3) is 0 Å². The number of nitrogens with zero attached hydrogens (tertiary/aromatic N) is 1. The fourth-order valence-electron chi connectivity index (χ4n) is 1.82. The molecular formula is C14H19NO4. The molecule has 1 rings (SSSR count). The largest absolute Gasteiger partial charge is 0.493 e. The first-order valence-electron chi connectivity index (χ1n) is 5.94. The van der Waals surface area contributed by atoms with Crippen LogP contribution in [0.15, 0.2) is 12.1 Å². The first-order valence-corrected chi connectivity index (χ1v) is 5.94. The molecule has 0 aliphatic rings. The van der Waals surface area contributed by atoms with Crippen molar-refractivity contribution in [3.05, 3.63) is 17.7 Å². The molecule has 0 bridgehead atoms. The third-order valence-electron chi connectivity index (χ3n) is 2.87. The van der Waals surface area contributed by atoms with E-state index in [1.807, 2.05) is 0 Å². The summed E-state index contributed by atoms with van der Waals surface area (Å²) in [7, 11) is 4.56. The van der Waals surface area contributed by atoms with Crippen molar-refractivity contribution in [2.24, 2.45) is 5.92 Å². The van der Waals surface area contributed by atoms with E-state index in [9.17, 15) is 5.11 Å². The van der Waals surface area contributed by atoms with Crippen LogP contribution < -0.4 is 14.2 Å². The van der Waals surface area contributed by atoms with Crippen molar-refractivity contribution in [2.75, 3.05) is 21.3 Å². The molecule has 0 spiro atoms. The van der Waals surface area contributed by atoms with E-state index in [0.717, 1.165) is 0 Å². The van der Waals surface area contributed by atoms with Gasteiger partial charge in [0.1, 0.15) is 0 Å². The topological polar surface area (TPSA) is 71.7 Å². The van der Waals surface area contributed by atoms with Crippen LogP contribution in [0.1, 0.15) is 25.0 Å². The number of ether oxygens (including phenoxy) is 3. The highest BCUT2D eigenvalue weighted by atomic mass is 16.5. The lowest BCUT2D eigenvalue weighted by molar-refractivity contribution is 0.155. The Labute approximate surface area is 113 Å². The van der Waals surface area contributed by atoms with Crippen LogP contribution in [0.25, 0.3) is 0 Å². The minimum absolute atomic E-state index is 0.228. The lowest BCUT2D eigenvalue weighted by Crippen LogP contribution is -2.05. The lowest BCUT2D eigenvalue weighted by Gasteiger charge is -2.17. The van der Waals surface area contributed by atoms with Crippen LogP contribution in [0, 0.1) is 17.2 Å². The fourth-order valence-corrected chi connectivity index (χ4v) is 1.82. The lowest BCUT2D eigenvalue weighted by atomic mass is 9.98. The van der Waals surface area contributed by atoms with Crippen LogP contribution in [-0.2, 0) is 0 Å². The Balaban J connectivity index is 3.12. The van der Waals surface area contributed by atoms with Gasteiger partial charge in [0, 0.05) is 5.92 Å². The van der Waals surface area contributed by atoms with E-state index in [1.54, 1.807) is 19.1 Å². The highest BCUT2D eigenvalue weighted by Gasteiger charge is 2.18. The van der Waals surface area contributed by atoms with E-state index in [1.165, 1.54) is 21.3 Å². The monoisotopic (exact) mass is 265 g/mol. The van der Waals surface area contributed by atoms with Crippen LogP contribution in [0.4, 0.5) is 0 Å². The van der Waals surface area contributed by atoms with Crippen molar-refractivity contribution in [1.29, 1.82) is 5.26 Å². The Morgan fingerprint density at radius 2 is 1.68 bits per heavy atom. The van der Waals surface area contributed by atoms with E-state index in [2.05, 4.69) is 6.07 Å². The third-order valence-corrected chi connectivity index (χ3v) is 2.87. The minimum Gasteiger partial charge on any atom is -0.493 e. The first-order chi connectivity index (χ1) is 9.07. The molecule has 2 atom stereocenters. The van der Waals surface area contributed by atoms with Gasteiger partial charge < -0.3 is 19.3 Å². The fraction of sp³-hybridized carbons (Fsp3) is 0.500. The Kier molecular flexibility index (Phi) is 5.46. The van der Waals surface area contributed by atoms with Crippen LogP contribution in [-0.4, -0.2) is 26.4 Å². The Hall–Kier alpha value is -1.93. The summed E-state index contributed by atoms with van der Waals surface area (Å²) in [5, 5.41) is 18.9. The first kappa shape index (κ1) is 15.1. The van der Waals surface area contributed by atoms with Gasteiger partial charge in [0.2, 0.25) is 5.75 Å². The number of nitriles is 1. The molecule has 0 amide bonds. The zero-order chi connectivity index (χ0) is 14.4. The normalized spacial score (nSPS) is 13.3. The third kappa shape index (κ3) is 3.52. The zero-order valence-corrected chi connectivity index (χ0v) is 11.6. The van der Waals surface area contributed by atoms with E-state index in [0.29, 0.717) is 29.2 Å². The maximum atomic E-state index is 10.1. The van der Waals surface area contributed by atoms with E-state index in [4.69, 9.17) is 19.5 Å². The standard InChI is InChI=1S/C14H19NO4/c1-9(8-15)5-11(16)10-6-12(17-2)14(19-4)13(7-10)18-3/h6-7,9,11,16H,5H2,1-4H3. The predicted molar refractivity (Wildman–Crippen MR) is 70.5 cm³/mol. The Bertz CT molecular complexity index is 442. The SMILES string of the molecule is COc1cc(C(O)CC(C)C#N)cc(OC)c1OC. The number of rotatable bonds is 6. The minimum atomic E-state index is -0.747. The van der Waals surface area contributed by atoms with Gasteiger partial charge in [-0.2, -0.15) is 5.26 Å². The molecule has 2 unspecified atom stereocenters. The van der Waals surface area contributed by atoms with Crippen molar-refractivity contribution in [3.63, 3.8) is 0 Å². The second-order valence-electron chi connectivity index (χ2n) is 4.24. The molecule has 1 aromatic rings. The van der Waals surface area contributed by atoms with Gasteiger partial charge in [-0.05, 0) is 31.0 Å². The van der Waals surface area contributed by atoms with Crippen molar-refractivity contribution in [3.8, 4) is 23.3 Å². The highest BCUT2D eigenvalue weighted by Crippen LogP contribution is 2.40. The number of aliphatic hydroxyl groups is 1. The molecule has 0 saturated carbocycles. The molecule has 104 valence electrons. The van der Waals surface area contributed by atoms with Gasteiger partial charge in [-0.1, -0.05) is 0 Å². The molecule has 1 N–H and O–H groups in total. The quantitative estimate of drug-likeness (QED) is 0.854. The van der Waals surface area contributed by atoms with E-state index >= 15 is 0 Å². The predicted octanol–water partition coefficient (Wildman–Crippen LogP) is 2.30. The van der Waals surface area contributed by atoms with Crippen molar-refractivity contribution < 1.29 is 19.3 Å². The van der Waals surface area contributed by atoms with Crippen molar-refractivity contribution >= 4 is 0 Å². The molecule has 0 aliphatic heterocycles. The molecule has 0 heterocycles. The number of aliphatic hydroxyl groups excluding tert-OH is 1. The molecule has 1 aromatic carbocycles. The summed E-state index contributed by atoms with van der Waals surface area (Å²) in [4.78, 5) is 0. The Morgan fingerprint density at radius 3 is 2.05 bits per heavy atom. The van der Waals surface area contributed by atoms with Gasteiger partial charge in [-0.25, -0.2) is 0 Å². The highest BCUT2D eigenvalue weighted by molar-refractivity contribution is 5.54. The summed E-state index contributed by atoms with van der Waals surface area (Å²) in [6.07, 6.45) is -0.391. The van der Waals surface area contributed by atoms with Gasteiger partial charge in [0.05, 0.1) is 33.5 Å². The average molecular weight is 265 g/mol. The van der Waals surface area contributed by atoms with Crippen LogP contribution >= 0.6 is 0 Å². The average Bonchev–Trinajstić information content (AvgIpc) is 2.44. The summed E-state index contributed by atoms with van der Waals surface area (Å²) in [6.45, 7) is 1.77. The van der Waals surface area contributed by atoms with Crippen LogP contribution in [0.3, 0.4) is 0 Å². The summed E-state index contributed by atoms with van der Waals surface area (Å²) >= 11 is 0. The molecule has 19 heavy (non-hydrogen) atoms. The summed E-state index contributed by atoms with van der Waals surface area (Å²) in [5.41, 5.74) is 0.636. The number of benzene rings is 1. The molecule has 5 nitrogen and oxygen atoms in total. The second-order valence-corrected chi connectivity index (χ2v) is 4.24. The molecular weight excluding hydrogens is 246 g/mol. The summed E-state index contributed by atoms with van der Waals surface area (Å²) < 4.78 is 15.7. The Morgan fingerprint density at radius 1 is 1.16 bits per heavy atom. The van der Waals surface area contributed by atoms with E-state index < -0.39 is 6.10 Å². The number of hydrogen-bond donors (Lipinski definition) is 1.